The van der Waals surface area contributed by atoms with Gasteiger partial charge in [-0.05, 0) is 19.4 Å². The lowest BCUT2D eigenvalue weighted by Crippen LogP contribution is -2.34. The van der Waals surface area contributed by atoms with Crippen molar-refractivity contribution in [1.29, 1.82) is 0 Å². The zero-order valence-electron chi connectivity index (χ0n) is 9.40. The van der Waals surface area contributed by atoms with Crippen LogP contribution in [0, 0.1) is 0 Å². The first kappa shape index (κ1) is 12.0. The highest BCUT2D eigenvalue weighted by Crippen LogP contribution is 2.00. The van der Waals surface area contributed by atoms with Crippen molar-refractivity contribution in [2.24, 2.45) is 0 Å². The van der Waals surface area contributed by atoms with Crippen LogP contribution in [-0.2, 0) is 0 Å². The summed E-state index contributed by atoms with van der Waals surface area (Å²) in [5.41, 5.74) is 0.559. The molecule has 0 aliphatic heterocycles. The molecule has 2 N–H and O–H groups in total. The summed E-state index contributed by atoms with van der Waals surface area (Å²) in [6.07, 6.45) is 4.12. The molecule has 0 aliphatic carbocycles. The first-order valence-electron chi connectivity index (χ1n) is 5.23. The molecule has 0 radical (unpaired) electrons. The molecule has 0 amide bonds. The minimum absolute atomic E-state index is 0.603. The summed E-state index contributed by atoms with van der Waals surface area (Å²) < 4.78 is 0. The summed E-state index contributed by atoms with van der Waals surface area (Å²) in [5.74, 6) is 0. The third-order valence-electron chi connectivity index (χ3n) is 1.93. The summed E-state index contributed by atoms with van der Waals surface area (Å²) in [6, 6.07) is 10.2. The third kappa shape index (κ3) is 6.05. The first-order chi connectivity index (χ1) is 7.08. The predicted molar refractivity (Wildman–Crippen MR) is 64.6 cm³/mol. The van der Waals surface area contributed by atoms with Gasteiger partial charge in [-0.1, -0.05) is 42.5 Å². The Hall–Kier alpha value is -1.12. The Morgan fingerprint density at radius 2 is 1.93 bits per heavy atom. The molecule has 0 aliphatic rings. The van der Waals surface area contributed by atoms with Gasteiger partial charge in [0.1, 0.15) is 0 Å². The normalized spacial score (nSPS) is 12.2. The molecule has 0 aromatic heterocycles. The molecule has 0 saturated carbocycles. The van der Waals surface area contributed by atoms with Gasteiger partial charge >= 0.3 is 0 Å². The standard InChI is InChI=1S/C13H19NO/c1-13(2,15)11-14-10-6-9-12-7-4-3-5-8-12/h3-9,14-15H,10-11H2,1-2H3/b9-6+. The molecule has 1 aromatic rings. The lowest BCUT2D eigenvalue weighted by atomic mass is 10.1. The van der Waals surface area contributed by atoms with E-state index in [1.54, 1.807) is 13.8 Å². The van der Waals surface area contributed by atoms with Crippen LogP contribution in [0.1, 0.15) is 19.4 Å². The SMILES string of the molecule is CC(C)(O)CNC/C=C/c1ccccc1. The number of benzene rings is 1. The van der Waals surface area contributed by atoms with Crippen molar-refractivity contribution in [2.75, 3.05) is 13.1 Å². The number of rotatable bonds is 5. The van der Waals surface area contributed by atoms with E-state index in [-0.39, 0.29) is 0 Å². The van der Waals surface area contributed by atoms with E-state index in [0.717, 1.165) is 6.54 Å². The fourth-order valence-electron chi connectivity index (χ4n) is 1.22. The average molecular weight is 205 g/mol. The van der Waals surface area contributed by atoms with Gasteiger partial charge in [0.2, 0.25) is 0 Å². The molecule has 15 heavy (non-hydrogen) atoms. The first-order valence-corrected chi connectivity index (χ1v) is 5.23. The second-order valence-electron chi connectivity index (χ2n) is 4.26. The van der Waals surface area contributed by atoms with Crippen LogP contribution in [0.4, 0.5) is 0 Å². The average Bonchev–Trinajstić information content (AvgIpc) is 2.17. The summed E-state index contributed by atoms with van der Waals surface area (Å²) in [7, 11) is 0. The smallest absolute Gasteiger partial charge is 0.0715 e. The van der Waals surface area contributed by atoms with E-state index in [9.17, 15) is 5.11 Å². The second kappa shape index (κ2) is 5.69. The van der Waals surface area contributed by atoms with Crippen LogP contribution in [0.25, 0.3) is 6.08 Å². The van der Waals surface area contributed by atoms with Crippen molar-refractivity contribution in [3.05, 3.63) is 42.0 Å². The minimum atomic E-state index is -0.638. The highest BCUT2D eigenvalue weighted by atomic mass is 16.3. The van der Waals surface area contributed by atoms with Crippen LogP contribution in [0.2, 0.25) is 0 Å². The molecule has 1 aromatic carbocycles. The molecule has 0 saturated heterocycles. The fourth-order valence-corrected chi connectivity index (χ4v) is 1.22. The van der Waals surface area contributed by atoms with Gasteiger partial charge in [-0.3, -0.25) is 0 Å². The van der Waals surface area contributed by atoms with Crippen molar-refractivity contribution in [1.82, 2.24) is 5.32 Å². The zero-order valence-corrected chi connectivity index (χ0v) is 9.40. The van der Waals surface area contributed by atoms with Gasteiger partial charge in [0.25, 0.3) is 0 Å². The summed E-state index contributed by atoms with van der Waals surface area (Å²) in [4.78, 5) is 0. The van der Waals surface area contributed by atoms with Crippen LogP contribution in [0.5, 0.6) is 0 Å². The third-order valence-corrected chi connectivity index (χ3v) is 1.93. The van der Waals surface area contributed by atoms with E-state index in [2.05, 4.69) is 29.6 Å². The van der Waals surface area contributed by atoms with Crippen LogP contribution < -0.4 is 5.32 Å². The molecule has 0 bridgehead atoms. The Kier molecular flexibility index (Phi) is 4.53. The van der Waals surface area contributed by atoms with Crippen molar-refractivity contribution in [2.45, 2.75) is 19.4 Å². The van der Waals surface area contributed by atoms with Gasteiger partial charge in [-0.15, -0.1) is 0 Å². The summed E-state index contributed by atoms with van der Waals surface area (Å²) in [5, 5.41) is 12.6. The molecular formula is C13H19NO. The molecular weight excluding hydrogens is 186 g/mol. The highest BCUT2D eigenvalue weighted by Gasteiger charge is 2.09. The molecule has 2 heteroatoms. The number of hydrogen-bond donors (Lipinski definition) is 2. The molecule has 0 unspecified atom stereocenters. The van der Waals surface area contributed by atoms with Crippen molar-refractivity contribution < 1.29 is 5.11 Å². The van der Waals surface area contributed by atoms with Crippen LogP contribution in [0.3, 0.4) is 0 Å². The molecule has 0 spiro atoms. The maximum absolute atomic E-state index is 9.45. The van der Waals surface area contributed by atoms with E-state index in [4.69, 9.17) is 0 Å². The Balaban J connectivity index is 2.24. The van der Waals surface area contributed by atoms with E-state index < -0.39 is 5.60 Å². The fraction of sp³-hybridized carbons (Fsp3) is 0.385. The zero-order chi connectivity index (χ0) is 11.1. The maximum atomic E-state index is 9.45. The van der Waals surface area contributed by atoms with Crippen molar-refractivity contribution in [3.63, 3.8) is 0 Å². The summed E-state index contributed by atoms with van der Waals surface area (Å²) in [6.45, 7) is 4.97. The Bertz CT molecular complexity index is 298. The number of nitrogens with one attached hydrogen (secondary N) is 1. The minimum Gasteiger partial charge on any atom is -0.389 e. The molecule has 0 heterocycles. The van der Waals surface area contributed by atoms with Crippen molar-refractivity contribution >= 4 is 6.08 Å². The van der Waals surface area contributed by atoms with E-state index >= 15 is 0 Å². The molecule has 2 nitrogen and oxygen atoms in total. The Labute approximate surface area is 91.6 Å². The lowest BCUT2D eigenvalue weighted by molar-refractivity contribution is 0.0810. The lowest BCUT2D eigenvalue weighted by Gasteiger charge is -2.16. The Morgan fingerprint density at radius 3 is 2.53 bits per heavy atom. The monoisotopic (exact) mass is 205 g/mol. The maximum Gasteiger partial charge on any atom is 0.0715 e. The Morgan fingerprint density at radius 1 is 1.27 bits per heavy atom. The van der Waals surface area contributed by atoms with E-state index in [1.165, 1.54) is 5.56 Å². The molecule has 82 valence electrons. The topological polar surface area (TPSA) is 32.3 Å². The van der Waals surface area contributed by atoms with E-state index in [1.807, 2.05) is 18.2 Å². The number of aliphatic hydroxyl groups is 1. The van der Waals surface area contributed by atoms with Gasteiger partial charge in [0.15, 0.2) is 0 Å². The summed E-state index contributed by atoms with van der Waals surface area (Å²) >= 11 is 0. The van der Waals surface area contributed by atoms with Crippen LogP contribution in [0.15, 0.2) is 36.4 Å². The quantitative estimate of drug-likeness (QED) is 0.721. The van der Waals surface area contributed by atoms with Gasteiger partial charge in [-0.25, -0.2) is 0 Å². The van der Waals surface area contributed by atoms with Gasteiger partial charge < -0.3 is 10.4 Å². The van der Waals surface area contributed by atoms with Crippen LogP contribution >= 0.6 is 0 Å². The second-order valence-corrected chi connectivity index (χ2v) is 4.26. The largest absolute Gasteiger partial charge is 0.389 e. The van der Waals surface area contributed by atoms with Gasteiger partial charge in [-0.2, -0.15) is 0 Å². The van der Waals surface area contributed by atoms with Crippen molar-refractivity contribution in [3.8, 4) is 0 Å². The molecule has 0 fully saturated rings. The highest BCUT2D eigenvalue weighted by molar-refractivity contribution is 5.48. The predicted octanol–water partition coefficient (Wildman–Crippen LogP) is 2.06. The molecule has 1 rings (SSSR count). The van der Waals surface area contributed by atoms with Gasteiger partial charge in [0.05, 0.1) is 5.60 Å². The van der Waals surface area contributed by atoms with E-state index in [0.29, 0.717) is 6.54 Å². The van der Waals surface area contributed by atoms with Crippen LogP contribution in [-0.4, -0.2) is 23.8 Å². The molecule has 0 atom stereocenters. The van der Waals surface area contributed by atoms with Gasteiger partial charge in [0, 0.05) is 13.1 Å². The number of hydrogen-bond acceptors (Lipinski definition) is 2.